The Morgan fingerprint density at radius 3 is 2.65 bits per heavy atom. The second-order valence-corrected chi connectivity index (χ2v) is 7.52. The summed E-state index contributed by atoms with van der Waals surface area (Å²) in [4.78, 5) is 38.2. The average molecular weight is 421 g/mol. The van der Waals surface area contributed by atoms with Crippen LogP contribution in [0.3, 0.4) is 0 Å². The monoisotopic (exact) mass is 421 g/mol. The molecule has 1 fully saturated rings. The van der Waals surface area contributed by atoms with E-state index in [9.17, 15) is 14.4 Å². The second kappa shape index (κ2) is 9.93. The van der Waals surface area contributed by atoms with Gasteiger partial charge in [0.05, 0.1) is 5.92 Å². The van der Waals surface area contributed by atoms with Crippen molar-refractivity contribution in [3.05, 3.63) is 66.2 Å². The fraction of sp³-hybridized carbons (Fsp3) is 0.292. The zero-order chi connectivity index (χ0) is 22.4. The highest BCUT2D eigenvalue weighted by Crippen LogP contribution is 2.27. The third kappa shape index (κ3) is 5.51. The summed E-state index contributed by atoms with van der Waals surface area (Å²) >= 11 is 0. The zero-order valence-corrected chi connectivity index (χ0v) is 17.8. The largest absolute Gasteiger partial charge is 0.484 e. The van der Waals surface area contributed by atoms with Crippen molar-refractivity contribution in [3.63, 3.8) is 0 Å². The fourth-order valence-corrected chi connectivity index (χ4v) is 3.39. The summed E-state index contributed by atoms with van der Waals surface area (Å²) in [6.07, 6.45) is 1.78. The third-order valence-corrected chi connectivity index (χ3v) is 5.31. The molecule has 2 N–H and O–H groups in total. The van der Waals surface area contributed by atoms with Gasteiger partial charge in [-0.05, 0) is 55.3 Å². The van der Waals surface area contributed by atoms with E-state index >= 15 is 0 Å². The van der Waals surface area contributed by atoms with Crippen LogP contribution in [0.2, 0.25) is 0 Å². The Morgan fingerprint density at radius 1 is 1.19 bits per heavy atom. The maximum atomic E-state index is 12.3. The number of aryl methyl sites for hydroxylation is 1. The molecule has 3 amide bonds. The van der Waals surface area contributed by atoms with Crippen LogP contribution in [0.4, 0.5) is 11.4 Å². The van der Waals surface area contributed by atoms with Crippen LogP contribution in [0, 0.1) is 19.8 Å². The van der Waals surface area contributed by atoms with Gasteiger partial charge in [0.15, 0.2) is 6.61 Å². The van der Waals surface area contributed by atoms with E-state index in [0.717, 1.165) is 16.8 Å². The van der Waals surface area contributed by atoms with Gasteiger partial charge in [-0.25, -0.2) is 0 Å². The molecule has 7 nitrogen and oxygen atoms in total. The van der Waals surface area contributed by atoms with E-state index < -0.39 is 0 Å². The lowest BCUT2D eigenvalue weighted by molar-refractivity contribution is -0.126. The molecule has 1 saturated heterocycles. The summed E-state index contributed by atoms with van der Waals surface area (Å²) in [5.74, 6) is -0.351. The Balaban J connectivity index is 1.54. The van der Waals surface area contributed by atoms with Crippen molar-refractivity contribution in [1.29, 1.82) is 0 Å². The SMILES string of the molecule is C=CCNC(=O)[C@H]1CC(=O)N(c2ccc(OCC(=O)Nc3cccc(C)c3C)cc2)C1. The molecule has 0 saturated carbocycles. The first-order chi connectivity index (χ1) is 14.9. The summed E-state index contributed by atoms with van der Waals surface area (Å²) in [7, 11) is 0. The number of rotatable bonds is 8. The molecule has 2 aromatic rings. The van der Waals surface area contributed by atoms with Crippen molar-refractivity contribution >= 4 is 29.1 Å². The highest BCUT2D eigenvalue weighted by atomic mass is 16.5. The highest BCUT2D eigenvalue weighted by molar-refractivity contribution is 6.00. The first-order valence-electron chi connectivity index (χ1n) is 10.2. The average Bonchev–Trinajstić information content (AvgIpc) is 3.16. The standard InChI is InChI=1S/C24H27N3O4/c1-4-12-25-24(30)18-13-23(29)27(14-18)19-8-10-20(11-9-19)31-15-22(28)26-21-7-5-6-16(2)17(21)3/h4-11,18H,1,12-15H2,2-3H3,(H,25,30)(H,26,28)/t18-/m0/s1. The van der Waals surface area contributed by atoms with Crippen LogP contribution in [-0.2, 0) is 14.4 Å². The van der Waals surface area contributed by atoms with Gasteiger partial charge in [-0.3, -0.25) is 14.4 Å². The van der Waals surface area contributed by atoms with Crippen molar-refractivity contribution < 1.29 is 19.1 Å². The van der Waals surface area contributed by atoms with Crippen molar-refractivity contribution in [2.24, 2.45) is 5.92 Å². The first kappa shape index (κ1) is 22.1. The van der Waals surface area contributed by atoms with Crippen LogP contribution in [0.5, 0.6) is 5.75 Å². The number of anilines is 2. The number of hydrogen-bond donors (Lipinski definition) is 2. The normalized spacial score (nSPS) is 15.5. The van der Waals surface area contributed by atoms with Gasteiger partial charge in [-0.15, -0.1) is 6.58 Å². The molecule has 31 heavy (non-hydrogen) atoms. The summed E-state index contributed by atoms with van der Waals surface area (Å²) in [5.41, 5.74) is 3.58. The van der Waals surface area contributed by atoms with Gasteiger partial charge in [0.25, 0.3) is 5.91 Å². The molecule has 1 heterocycles. The zero-order valence-electron chi connectivity index (χ0n) is 17.8. The van der Waals surface area contributed by atoms with Gasteiger partial charge in [0.2, 0.25) is 11.8 Å². The lowest BCUT2D eigenvalue weighted by Crippen LogP contribution is -2.32. The quantitative estimate of drug-likeness (QED) is 0.642. The Hall–Kier alpha value is -3.61. The molecule has 0 bridgehead atoms. The number of hydrogen-bond acceptors (Lipinski definition) is 4. The first-order valence-corrected chi connectivity index (χ1v) is 10.2. The summed E-state index contributed by atoms with van der Waals surface area (Å²) in [5, 5.41) is 5.59. The number of ether oxygens (including phenoxy) is 1. The van der Waals surface area contributed by atoms with Crippen LogP contribution in [0.15, 0.2) is 55.1 Å². The number of carbonyl (C=O) groups is 3. The molecule has 1 aliphatic heterocycles. The van der Waals surface area contributed by atoms with Crippen LogP contribution in [0.1, 0.15) is 17.5 Å². The van der Waals surface area contributed by atoms with Crippen molar-refractivity contribution in [2.75, 3.05) is 29.9 Å². The number of nitrogens with zero attached hydrogens (tertiary/aromatic N) is 1. The summed E-state index contributed by atoms with van der Waals surface area (Å²) < 4.78 is 5.57. The van der Waals surface area contributed by atoms with Crippen molar-refractivity contribution in [1.82, 2.24) is 5.32 Å². The molecule has 2 aromatic carbocycles. The Labute approximate surface area is 182 Å². The predicted octanol–water partition coefficient (Wildman–Crippen LogP) is 2.98. The van der Waals surface area contributed by atoms with E-state index in [2.05, 4.69) is 17.2 Å². The van der Waals surface area contributed by atoms with Crippen LogP contribution < -0.4 is 20.3 Å². The minimum absolute atomic E-state index is 0.0969. The number of amides is 3. The van der Waals surface area contributed by atoms with E-state index in [4.69, 9.17) is 4.74 Å². The van der Waals surface area contributed by atoms with Gasteiger partial charge >= 0.3 is 0 Å². The minimum Gasteiger partial charge on any atom is -0.484 e. The maximum Gasteiger partial charge on any atom is 0.262 e. The van der Waals surface area contributed by atoms with E-state index in [1.165, 1.54) is 0 Å². The molecule has 162 valence electrons. The minimum atomic E-state index is -0.378. The van der Waals surface area contributed by atoms with Crippen molar-refractivity contribution in [3.8, 4) is 5.75 Å². The van der Waals surface area contributed by atoms with Crippen LogP contribution in [0.25, 0.3) is 0 Å². The molecule has 0 radical (unpaired) electrons. The van der Waals surface area contributed by atoms with Gasteiger partial charge in [0, 0.05) is 30.9 Å². The van der Waals surface area contributed by atoms with E-state index in [1.807, 2.05) is 32.0 Å². The fourth-order valence-electron chi connectivity index (χ4n) is 3.39. The van der Waals surface area contributed by atoms with Crippen LogP contribution >= 0.6 is 0 Å². The molecular formula is C24H27N3O4. The number of benzene rings is 2. The Morgan fingerprint density at radius 2 is 1.94 bits per heavy atom. The molecule has 7 heteroatoms. The van der Waals surface area contributed by atoms with Gasteiger partial charge < -0.3 is 20.3 Å². The lowest BCUT2D eigenvalue weighted by Gasteiger charge is -2.17. The predicted molar refractivity (Wildman–Crippen MR) is 120 cm³/mol. The molecule has 1 atom stereocenters. The molecular weight excluding hydrogens is 394 g/mol. The van der Waals surface area contributed by atoms with Gasteiger partial charge in [0.1, 0.15) is 5.75 Å². The molecule has 0 unspecified atom stereocenters. The lowest BCUT2D eigenvalue weighted by atomic mass is 10.1. The van der Waals surface area contributed by atoms with E-state index in [0.29, 0.717) is 24.5 Å². The van der Waals surface area contributed by atoms with E-state index in [1.54, 1.807) is 35.2 Å². The van der Waals surface area contributed by atoms with Gasteiger partial charge in [-0.2, -0.15) is 0 Å². The van der Waals surface area contributed by atoms with Crippen LogP contribution in [-0.4, -0.2) is 37.4 Å². The molecule has 1 aliphatic rings. The second-order valence-electron chi connectivity index (χ2n) is 7.52. The molecule has 3 rings (SSSR count). The Bertz CT molecular complexity index is 985. The maximum absolute atomic E-state index is 12.3. The van der Waals surface area contributed by atoms with Crippen molar-refractivity contribution in [2.45, 2.75) is 20.3 Å². The highest BCUT2D eigenvalue weighted by Gasteiger charge is 2.34. The van der Waals surface area contributed by atoms with E-state index in [-0.39, 0.29) is 36.7 Å². The molecule has 0 aromatic heterocycles. The molecule has 0 aliphatic carbocycles. The molecule has 0 spiro atoms. The number of nitrogens with one attached hydrogen (secondary N) is 2. The topological polar surface area (TPSA) is 87.7 Å². The summed E-state index contributed by atoms with van der Waals surface area (Å²) in [6, 6.07) is 12.7. The number of carbonyl (C=O) groups excluding carboxylic acids is 3. The summed E-state index contributed by atoms with van der Waals surface area (Å²) in [6.45, 7) is 8.11. The Kier molecular flexibility index (Phi) is 7.07. The third-order valence-electron chi connectivity index (χ3n) is 5.31. The smallest absolute Gasteiger partial charge is 0.262 e. The van der Waals surface area contributed by atoms with Gasteiger partial charge in [-0.1, -0.05) is 18.2 Å².